The van der Waals surface area contributed by atoms with Gasteiger partial charge in [0.2, 0.25) is 0 Å². The first-order valence-electron chi connectivity index (χ1n) is 6.39. The summed E-state index contributed by atoms with van der Waals surface area (Å²) in [5.41, 5.74) is 0.784. The third kappa shape index (κ3) is 4.89. The van der Waals surface area contributed by atoms with Gasteiger partial charge in [0.05, 0.1) is 6.61 Å². The fourth-order valence-corrected chi connectivity index (χ4v) is 1.58. The number of hydrazine groups is 1. The summed E-state index contributed by atoms with van der Waals surface area (Å²) in [5, 5.41) is 9.84. The van der Waals surface area contributed by atoms with Crippen LogP contribution >= 0.6 is 0 Å². The normalized spacial score (nSPS) is 12.0. The molecule has 0 aromatic heterocycles. The van der Waals surface area contributed by atoms with Crippen molar-refractivity contribution in [3.05, 3.63) is 35.9 Å². The van der Waals surface area contributed by atoms with Gasteiger partial charge in [0.15, 0.2) is 6.04 Å². The molecule has 6 heteroatoms. The number of aliphatic carboxylic acids is 1. The van der Waals surface area contributed by atoms with Crippen molar-refractivity contribution in [2.45, 2.75) is 26.3 Å². The number of ether oxygens (including phenoxy) is 1. The smallest absolute Gasteiger partial charge is 0.424 e. The monoisotopic (exact) mass is 280 g/mol. The van der Waals surface area contributed by atoms with Crippen LogP contribution in [0.15, 0.2) is 30.3 Å². The number of amides is 1. The molecule has 1 rings (SSSR count). The molecule has 3 N–H and O–H groups in total. The maximum atomic E-state index is 11.7. The van der Waals surface area contributed by atoms with Crippen LogP contribution in [-0.2, 0) is 16.0 Å². The summed E-state index contributed by atoms with van der Waals surface area (Å²) < 4.78 is 4.93. The van der Waals surface area contributed by atoms with Crippen LogP contribution in [0.4, 0.5) is 4.79 Å². The summed E-state index contributed by atoms with van der Waals surface area (Å²) in [6.45, 7) is 3.96. The molecule has 110 valence electrons. The first-order valence-corrected chi connectivity index (χ1v) is 6.39. The first-order chi connectivity index (χ1) is 9.41. The maximum Gasteiger partial charge on any atom is 0.424 e. The molecule has 0 fully saturated rings. The average Bonchev–Trinajstić information content (AvgIpc) is 2.42. The fraction of sp³-hybridized carbons (Fsp3) is 0.429. The van der Waals surface area contributed by atoms with Crippen molar-refractivity contribution in [1.82, 2.24) is 5.01 Å². The van der Waals surface area contributed by atoms with E-state index in [4.69, 9.17) is 10.6 Å². The van der Waals surface area contributed by atoms with E-state index in [1.54, 1.807) is 24.3 Å². The molecular weight excluding hydrogens is 260 g/mol. The second-order valence-corrected chi connectivity index (χ2v) is 4.92. The highest BCUT2D eigenvalue weighted by Gasteiger charge is 2.28. The lowest BCUT2D eigenvalue weighted by molar-refractivity contribution is -0.142. The Labute approximate surface area is 118 Å². The molecule has 0 aliphatic carbocycles. The zero-order valence-electron chi connectivity index (χ0n) is 11.7. The van der Waals surface area contributed by atoms with Crippen LogP contribution in [0.5, 0.6) is 0 Å². The van der Waals surface area contributed by atoms with Gasteiger partial charge in [-0.15, -0.1) is 0 Å². The largest absolute Gasteiger partial charge is 0.480 e. The Morgan fingerprint density at radius 3 is 2.40 bits per heavy atom. The third-order valence-electron chi connectivity index (χ3n) is 2.64. The molecule has 0 bridgehead atoms. The van der Waals surface area contributed by atoms with E-state index in [0.29, 0.717) is 5.01 Å². The first kappa shape index (κ1) is 16.0. The van der Waals surface area contributed by atoms with Crippen molar-refractivity contribution in [1.29, 1.82) is 0 Å². The van der Waals surface area contributed by atoms with Crippen LogP contribution in [0.3, 0.4) is 0 Å². The highest BCUT2D eigenvalue weighted by molar-refractivity contribution is 5.79. The minimum absolute atomic E-state index is 0.128. The Bertz CT molecular complexity index is 448. The quantitative estimate of drug-likeness (QED) is 0.469. The van der Waals surface area contributed by atoms with E-state index in [1.165, 1.54) is 0 Å². The molecule has 20 heavy (non-hydrogen) atoms. The van der Waals surface area contributed by atoms with Crippen molar-refractivity contribution in [3.8, 4) is 0 Å². The molecule has 0 aliphatic rings. The van der Waals surface area contributed by atoms with Gasteiger partial charge in [-0.2, -0.15) is 0 Å². The summed E-state index contributed by atoms with van der Waals surface area (Å²) >= 11 is 0. The summed E-state index contributed by atoms with van der Waals surface area (Å²) in [4.78, 5) is 23.0. The van der Waals surface area contributed by atoms with Gasteiger partial charge in [0.25, 0.3) is 0 Å². The van der Waals surface area contributed by atoms with E-state index in [2.05, 4.69) is 0 Å². The van der Waals surface area contributed by atoms with Crippen molar-refractivity contribution >= 4 is 12.1 Å². The standard InChI is InChI=1S/C14H20N2O4/c1-10(2)9-20-14(19)16(15)12(13(17)18)8-11-6-4-3-5-7-11/h3-7,10,12H,8-9,15H2,1-2H3,(H,17,18)/t12-/m0/s1. The SMILES string of the molecule is CC(C)COC(=O)N(N)[C@@H](Cc1ccccc1)C(=O)O. The molecule has 0 saturated carbocycles. The molecule has 0 saturated heterocycles. The van der Waals surface area contributed by atoms with Crippen LogP contribution in [0.2, 0.25) is 0 Å². The highest BCUT2D eigenvalue weighted by Crippen LogP contribution is 2.08. The van der Waals surface area contributed by atoms with Crippen LogP contribution in [-0.4, -0.2) is 34.8 Å². The van der Waals surface area contributed by atoms with E-state index in [1.807, 2.05) is 19.9 Å². The number of hydrogen-bond acceptors (Lipinski definition) is 4. The van der Waals surface area contributed by atoms with E-state index in [9.17, 15) is 14.7 Å². The van der Waals surface area contributed by atoms with Crippen LogP contribution in [0.1, 0.15) is 19.4 Å². The Morgan fingerprint density at radius 2 is 1.90 bits per heavy atom. The fourth-order valence-electron chi connectivity index (χ4n) is 1.58. The van der Waals surface area contributed by atoms with Gasteiger partial charge in [-0.05, 0) is 11.5 Å². The molecule has 1 atom stereocenters. The number of carboxylic acid groups (broad SMARTS) is 1. The highest BCUT2D eigenvalue weighted by atomic mass is 16.6. The van der Waals surface area contributed by atoms with Gasteiger partial charge >= 0.3 is 12.1 Å². The van der Waals surface area contributed by atoms with Crippen molar-refractivity contribution in [2.75, 3.05) is 6.61 Å². The van der Waals surface area contributed by atoms with E-state index < -0.39 is 18.1 Å². The maximum absolute atomic E-state index is 11.7. The summed E-state index contributed by atoms with van der Waals surface area (Å²) in [5.74, 6) is 4.56. The number of benzene rings is 1. The Hall–Kier alpha value is -2.08. The van der Waals surface area contributed by atoms with E-state index >= 15 is 0 Å². The third-order valence-corrected chi connectivity index (χ3v) is 2.64. The van der Waals surface area contributed by atoms with Crippen molar-refractivity contribution in [2.24, 2.45) is 11.8 Å². The zero-order chi connectivity index (χ0) is 15.1. The van der Waals surface area contributed by atoms with Crippen LogP contribution in [0.25, 0.3) is 0 Å². The lowest BCUT2D eigenvalue weighted by atomic mass is 10.1. The van der Waals surface area contributed by atoms with Crippen molar-refractivity contribution in [3.63, 3.8) is 0 Å². The molecule has 1 aromatic carbocycles. The zero-order valence-corrected chi connectivity index (χ0v) is 11.7. The Balaban J connectivity index is 2.70. The molecule has 1 amide bonds. The number of rotatable bonds is 6. The molecule has 1 aromatic rings. The number of hydrogen-bond donors (Lipinski definition) is 2. The lowest BCUT2D eigenvalue weighted by Crippen LogP contribution is -2.51. The van der Waals surface area contributed by atoms with Crippen LogP contribution < -0.4 is 5.84 Å². The molecule has 0 unspecified atom stereocenters. The minimum Gasteiger partial charge on any atom is -0.480 e. The second kappa shape index (κ2) is 7.49. The second-order valence-electron chi connectivity index (χ2n) is 4.92. The predicted molar refractivity (Wildman–Crippen MR) is 73.8 cm³/mol. The molecule has 0 spiro atoms. The molecule has 0 heterocycles. The van der Waals surface area contributed by atoms with Crippen LogP contribution in [0, 0.1) is 5.92 Å². The lowest BCUT2D eigenvalue weighted by Gasteiger charge is -2.24. The van der Waals surface area contributed by atoms with Gasteiger partial charge in [-0.3, -0.25) is 0 Å². The number of carbonyl (C=O) groups is 2. The number of nitrogens with two attached hydrogens (primary N) is 1. The summed E-state index contributed by atoms with van der Waals surface area (Å²) in [7, 11) is 0. The minimum atomic E-state index is -1.17. The number of carbonyl (C=O) groups excluding carboxylic acids is 1. The van der Waals surface area contributed by atoms with Crippen molar-refractivity contribution < 1.29 is 19.4 Å². The molecule has 0 aliphatic heterocycles. The summed E-state index contributed by atoms with van der Waals surface area (Å²) in [6.07, 6.45) is -0.703. The Morgan fingerprint density at radius 1 is 1.30 bits per heavy atom. The number of nitrogens with zero attached hydrogens (tertiary/aromatic N) is 1. The van der Waals surface area contributed by atoms with Gasteiger partial charge in [0, 0.05) is 6.42 Å². The molecular formula is C14H20N2O4. The summed E-state index contributed by atoms with van der Waals surface area (Å²) in [6, 6.07) is 7.83. The van der Waals surface area contributed by atoms with Gasteiger partial charge in [-0.1, -0.05) is 44.2 Å². The van der Waals surface area contributed by atoms with Gasteiger partial charge in [-0.25, -0.2) is 20.4 Å². The van der Waals surface area contributed by atoms with E-state index in [0.717, 1.165) is 5.56 Å². The molecule has 0 radical (unpaired) electrons. The topological polar surface area (TPSA) is 92.9 Å². The Kier molecular flexibility index (Phi) is 5.99. The van der Waals surface area contributed by atoms with Gasteiger partial charge < -0.3 is 9.84 Å². The average molecular weight is 280 g/mol. The molecule has 6 nitrogen and oxygen atoms in total. The van der Waals surface area contributed by atoms with E-state index in [-0.39, 0.29) is 18.9 Å². The number of carboxylic acids is 1. The predicted octanol–water partition coefficient (Wildman–Crippen LogP) is 1.65. The van der Waals surface area contributed by atoms with Gasteiger partial charge in [0.1, 0.15) is 0 Å².